The quantitative estimate of drug-likeness (QED) is 0.536. The Morgan fingerprint density at radius 2 is 1.60 bits per heavy atom. The van der Waals surface area contributed by atoms with Gasteiger partial charge in [-0.25, -0.2) is 0 Å². The van der Waals surface area contributed by atoms with Gasteiger partial charge in [-0.05, 0) is 55.5 Å². The van der Waals surface area contributed by atoms with E-state index in [2.05, 4.69) is 0 Å². The zero-order chi connectivity index (χ0) is 18.2. The highest BCUT2D eigenvalue weighted by atomic mass is 16.5. The lowest BCUT2D eigenvalue weighted by Crippen LogP contribution is -1.98. The molecular weight excluding hydrogens is 320 g/mol. The van der Waals surface area contributed by atoms with Gasteiger partial charge in [0.1, 0.15) is 5.75 Å². The van der Waals surface area contributed by atoms with Gasteiger partial charge in [-0.3, -0.25) is 4.79 Å². The molecule has 0 saturated heterocycles. The molecule has 0 saturated carbocycles. The van der Waals surface area contributed by atoms with Crippen molar-refractivity contribution in [2.45, 2.75) is 6.92 Å². The third kappa shape index (κ3) is 4.32. The van der Waals surface area contributed by atoms with Crippen LogP contribution in [0.4, 0.5) is 0 Å². The number of benzene rings is 2. The molecule has 0 aliphatic heterocycles. The van der Waals surface area contributed by atoms with E-state index in [1.807, 2.05) is 13.0 Å². The number of ketones is 1. The largest absolute Gasteiger partial charge is 0.494 e. The van der Waals surface area contributed by atoms with Crippen LogP contribution in [0.5, 0.6) is 23.0 Å². The van der Waals surface area contributed by atoms with Gasteiger partial charge in [-0.1, -0.05) is 0 Å². The average Bonchev–Trinajstić information content (AvgIpc) is 2.65. The van der Waals surface area contributed by atoms with Crippen molar-refractivity contribution in [3.8, 4) is 23.0 Å². The Morgan fingerprint density at radius 1 is 0.920 bits per heavy atom. The molecule has 0 spiro atoms. The van der Waals surface area contributed by atoms with Crippen LogP contribution in [-0.2, 0) is 0 Å². The molecule has 2 aromatic rings. The Bertz CT molecular complexity index is 747. The van der Waals surface area contributed by atoms with Crippen LogP contribution in [-0.4, -0.2) is 33.7 Å². The topological polar surface area (TPSA) is 54.0 Å². The van der Waals surface area contributed by atoms with Gasteiger partial charge in [0.05, 0.1) is 27.9 Å². The summed E-state index contributed by atoms with van der Waals surface area (Å²) in [6, 6.07) is 10.6. The summed E-state index contributed by atoms with van der Waals surface area (Å²) in [5.41, 5.74) is 1.30. The van der Waals surface area contributed by atoms with E-state index in [4.69, 9.17) is 18.9 Å². The van der Waals surface area contributed by atoms with E-state index in [0.717, 1.165) is 11.3 Å². The van der Waals surface area contributed by atoms with Crippen molar-refractivity contribution < 1.29 is 23.7 Å². The van der Waals surface area contributed by atoms with Crippen molar-refractivity contribution in [1.29, 1.82) is 0 Å². The molecule has 0 radical (unpaired) electrons. The molecule has 2 aromatic carbocycles. The number of hydrogen-bond acceptors (Lipinski definition) is 5. The molecule has 0 aliphatic rings. The van der Waals surface area contributed by atoms with Crippen LogP contribution >= 0.6 is 0 Å². The molecule has 0 N–H and O–H groups in total. The Morgan fingerprint density at radius 3 is 2.16 bits per heavy atom. The van der Waals surface area contributed by atoms with Crippen molar-refractivity contribution in [1.82, 2.24) is 0 Å². The monoisotopic (exact) mass is 342 g/mol. The fourth-order valence-electron chi connectivity index (χ4n) is 2.40. The van der Waals surface area contributed by atoms with Crippen LogP contribution < -0.4 is 18.9 Å². The molecule has 0 atom stereocenters. The van der Waals surface area contributed by atoms with Crippen molar-refractivity contribution >= 4 is 11.9 Å². The lowest BCUT2D eigenvalue weighted by Gasteiger charge is -2.13. The molecule has 5 heteroatoms. The molecule has 0 unspecified atom stereocenters. The van der Waals surface area contributed by atoms with Gasteiger partial charge in [0.25, 0.3) is 0 Å². The van der Waals surface area contributed by atoms with Crippen LogP contribution in [0.1, 0.15) is 22.8 Å². The van der Waals surface area contributed by atoms with E-state index in [9.17, 15) is 4.79 Å². The summed E-state index contributed by atoms with van der Waals surface area (Å²) < 4.78 is 21.4. The Labute approximate surface area is 147 Å². The molecule has 0 fully saturated rings. The molecule has 132 valence electrons. The van der Waals surface area contributed by atoms with Gasteiger partial charge in [0.2, 0.25) is 5.75 Å². The van der Waals surface area contributed by atoms with Crippen molar-refractivity contribution in [3.05, 3.63) is 53.6 Å². The van der Waals surface area contributed by atoms with Gasteiger partial charge >= 0.3 is 0 Å². The highest BCUT2D eigenvalue weighted by Crippen LogP contribution is 2.40. The number of methoxy groups -OCH3 is 3. The SMILES string of the molecule is CCOc1ccc(C(=O)/C=C/c2ccc(OC)c(OC)c2OC)cc1. The van der Waals surface area contributed by atoms with Gasteiger partial charge in [0.15, 0.2) is 17.3 Å². The number of hydrogen-bond donors (Lipinski definition) is 0. The summed E-state index contributed by atoms with van der Waals surface area (Å²) in [5.74, 6) is 2.19. The van der Waals surface area contributed by atoms with Crippen LogP contribution in [0, 0.1) is 0 Å². The summed E-state index contributed by atoms with van der Waals surface area (Å²) in [5, 5.41) is 0. The highest BCUT2D eigenvalue weighted by molar-refractivity contribution is 6.07. The minimum Gasteiger partial charge on any atom is -0.494 e. The first-order chi connectivity index (χ1) is 12.1. The fourth-order valence-corrected chi connectivity index (χ4v) is 2.40. The third-order valence-electron chi connectivity index (χ3n) is 3.60. The van der Waals surface area contributed by atoms with Crippen LogP contribution in [0.25, 0.3) is 6.08 Å². The van der Waals surface area contributed by atoms with Gasteiger partial charge in [0, 0.05) is 11.1 Å². The summed E-state index contributed by atoms with van der Waals surface area (Å²) >= 11 is 0. The second-order valence-electron chi connectivity index (χ2n) is 5.08. The van der Waals surface area contributed by atoms with E-state index >= 15 is 0 Å². The normalized spacial score (nSPS) is 10.6. The molecule has 25 heavy (non-hydrogen) atoms. The minimum absolute atomic E-state index is 0.111. The first-order valence-corrected chi connectivity index (χ1v) is 7.88. The Hall–Kier alpha value is -2.95. The predicted octanol–water partition coefficient (Wildman–Crippen LogP) is 4.01. The van der Waals surface area contributed by atoms with E-state index in [1.165, 1.54) is 6.08 Å². The van der Waals surface area contributed by atoms with Crippen molar-refractivity contribution in [2.75, 3.05) is 27.9 Å². The number of ether oxygens (including phenoxy) is 4. The Balaban J connectivity index is 2.24. The smallest absolute Gasteiger partial charge is 0.203 e. The first kappa shape index (κ1) is 18.4. The second kappa shape index (κ2) is 8.78. The average molecular weight is 342 g/mol. The predicted molar refractivity (Wildman–Crippen MR) is 97.1 cm³/mol. The zero-order valence-electron chi connectivity index (χ0n) is 14.9. The molecule has 2 rings (SSSR count). The molecule has 5 nitrogen and oxygen atoms in total. The van der Waals surface area contributed by atoms with E-state index in [0.29, 0.717) is 29.4 Å². The zero-order valence-corrected chi connectivity index (χ0v) is 14.9. The fraction of sp³-hybridized carbons (Fsp3) is 0.250. The minimum atomic E-state index is -0.111. The van der Waals surface area contributed by atoms with E-state index < -0.39 is 0 Å². The lowest BCUT2D eigenvalue weighted by atomic mass is 10.1. The van der Waals surface area contributed by atoms with Gasteiger partial charge < -0.3 is 18.9 Å². The summed E-state index contributed by atoms with van der Waals surface area (Å²) in [6.07, 6.45) is 3.19. The Kier molecular flexibility index (Phi) is 6.46. The standard InChI is InChI=1S/C20H22O5/c1-5-25-16-10-6-14(7-11-16)17(21)12-8-15-9-13-18(22-2)20(24-4)19(15)23-3/h6-13H,5H2,1-4H3/b12-8+. The number of rotatable bonds is 8. The summed E-state index contributed by atoms with van der Waals surface area (Å²) in [7, 11) is 4.64. The number of carbonyl (C=O) groups excluding carboxylic acids is 1. The molecule has 0 aromatic heterocycles. The second-order valence-corrected chi connectivity index (χ2v) is 5.08. The molecule has 0 heterocycles. The van der Waals surface area contributed by atoms with Crippen molar-refractivity contribution in [2.24, 2.45) is 0 Å². The van der Waals surface area contributed by atoms with Crippen LogP contribution in [0.15, 0.2) is 42.5 Å². The molecular formula is C20H22O5. The number of carbonyl (C=O) groups is 1. The van der Waals surface area contributed by atoms with Gasteiger partial charge in [-0.15, -0.1) is 0 Å². The highest BCUT2D eigenvalue weighted by Gasteiger charge is 2.14. The summed E-state index contributed by atoms with van der Waals surface area (Å²) in [6.45, 7) is 2.50. The molecule has 0 amide bonds. The number of allylic oxidation sites excluding steroid dienone is 1. The van der Waals surface area contributed by atoms with Crippen LogP contribution in [0.2, 0.25) is 0 Å². The van der Waals surface area contributed by atoms with Crippen molar-refractivity contribution in [3.63, 3.8) is 0 Å². The van der Waals surface area contributed by atoms with Gasteiger partial charge in [-0.2, -0.15) is 0 Å². The summed E-state index contributed by atoms with van der Waals surface area (Å²) in [4.78, 5) is 12.3. The maximum Gasteiger partial charge on any atom is 0.203 e. The molecule has 0 aliphatic carbocycles. The van der Waals surface area contributed by atoms with E-state index in [1.54, 1.807) is 57.7 Å². The first-order valence-electron chi connectivity index (χ1n) is 7.88. The molecule has 0 bridgehead atoms. The van der Waals surface area contributed by atoms with E-state index in [-0.39, 0.29) is 5.78 Å². The third-order valence-corrected chi connectivity index (χ3v) is 3.60. The lowest BCUT2D eigenvalue weighted by molar-refractivity contribution is 0.104. The maximum atomic E-state index is 12.3. The van der Waals surface area contributed by atoms with Crippen LogP contribution in [0.3, 0.4) is 0 Å². The maximum absolute atomic E-state index is 12.3.